The van der Waals surface area contributed by atoms with Crippen LogP contribution in [0.3, 0.4) is 0 Å². The fourth-order valence-corrected chi connectivity index (χ4v) is 1.90. The summed E-state index contributed by atoms with van der Waals surface area (Å²) >= 11 is 0. The lowest BCUT2D eigenvalue weighted by Gasteiger charge is -2.21. The predicted molar refractivity (Wildman–Crippen MR) is 69.4 cm³/mol. The maximum absolute atomic E-state index is 3.61. The lowest BCUT2D eigenvalue weighted by atomic mass is 10.1. The minimum Gasteiger partial charge on any atom is -0.314 e. The second-order valence-electron chi connectivity index (χ2n) is 4.23. The number of nitrogens with zero attached hydrogens (tertiary/aromatic N) is 1. The zero-order chi connectivity index (χ0) is 11.5. The summed E-state index contributed by atoms with van der Waals surface area (Å²) in [4.78, 5) is 2.51. The van der Waals surface area contributed by atoms with Crippen LogP contribution in [0.5, 0.6) is 0 Å². The lowest BCUT2D eigenvalue weighted by molar-refractivity contribution is 0.288. The van der Waals surface area contributed by atoms with E-state index in [2.05, 4.69) is 37.9 Å². The Kier molecular flexibility index (Phi) is 10.4. The molecule has 0 saturated carbocycles. The molecule has 0 amide bonds. The molecule has 2 heteroatoms. The van der Waals surface area contributed by atoms with Crippen molar-refractivity contribution >= 4 is 0 Å². The molecule has 0 aromatic heterocycles. The molecular formula is C13H30N2. The molecule has 2 nitrogen and oxygen atoms in total. The van der Waals surface area contributed by atoms with E-state index in [4.69, 9.17) is 0 Å². The quantitative estimate of drug-likeness (QED) is 0.601. The van der Waals surface area contributed by atoms with Gasteiger partial charge >= 0.3 is 0 Å². The molecule has 1 N–H and O–H groups in total. The van der Waals surface area contributed by atoms with E-state index < -0.39 is 0 Å². The van der Waals surface area contributed by atoms with Crippen molar-refractivity contribution in [3.63, 3.8) is 0 Å². The first kappa shape index (κ1) is 14.9. The first-order valence-electron chi connectivity index (χ1n) is 6.74. The van der Waals surface area contributed by atoms with Gasteiger partial charge in [-0.05, 0) is 51.9 Å². The normalized spacial score (nSPS) is 13.4. The maximum Gasteiger partial charge on any atom is 0.00649 e. The van der Waals surface area contributed by atoms with Crippen molar-refractivity contribution in [1.29, 1.82) is 0 Å². The van der Waals surface area contributed by atoms with Crippen LogP contribution >= 0.6 is 0 Å². The van der Waals surface area contributed by atoms with Gasteiger partial charge in [0.15, 0.2) is 0 Å². The zero-order valence-corrected chi connectivity index (χ0v) is 11.2. The third kappa shape index (κ3) is 7.80. The molecule has 0 rings (SSSR count). The fraction of sp³-hybridized carbons (Fsp3) is 1.00. The Morgan fingerprint density at radius 2 is 1.73 bits per heavy atom. The SMILES string of the molecule is CCCNC(CC)CCCN(CC)CC. The summed E-state index contributed by atoms with van der Waals surface area (Å²) in [7, 11) is 0. The largest absolute Gasteiger partial charge is 0.314 e. The van der Waals surface area contributed by atoms with Crippen molar-refractivity contribution < 1.29 is 0 Å². The zero-order valence-electron chi connectivity index (χ0n) is 11.2. The van der Waals surface area contributed by atoms with Crippen LogP contribution in [0.1, 0.15) is 53.4 Å². The van der Waals surface area contributed by atoms with Gasteiger partial charge in [0.25, 0.3) is 0 Å². The van der Waals surface area contributed by atoms with Gasteiger partial charge in [0, 0.05) is 6.04 Å². The van der Waals surface area contributed by atoms with E-state index >= 15 is 0 Å². The first-order valence-corrected chi connectivity index (χ1v) is 6.74. The molecular weight excluding hydrogens is 184 g/mol. The van der Waals surface area contributed by atoms with Crippen LogP contribution < -0.4 is 5.32 Å². The van der Waals surface area contributed by atoms with Crippen LogP contribution in [0.4, 0.5) is 0 Å². The molecule has 0 saturated heterocycles. The molecule has 0 aliphatic rings. The monoisotopic (exact) mass is 214 g/mol. The van der Waals surface area contributed by atoms with Crippen LogP contribution in [-0.2, 0) is 0 Å². The van der Waals surface area contributed by atoms with Gasteiger partial charge in [0.1, 0.15) is 0 Å². The Bertz CT molecular complexity index is 122. The second-order valence-corrected chi connectivity index (χ2v) is 4.23. The molecule has 0 aliphatic carbocycles. The van der Waals surface area contributed by atoms with Crippen molar-refractivity contribution in [2.75, 3.05) is 26.2 Å². The van der Waals surface area contributed by atoms with Gasteiger partial charge in [0.05, 0.1) is 0 Å². The number of hydrogen-bond donors (Lipinski definition) is 1. The van der Waals surface area contributed by atoms with Crippen LogP contribution in [-0.4, -0.2) is 37.1 Å². The summed E-state index contributed by atoms with van der Waals surface area (Å²) < 4.78 is 0. The van der Waals surface area contributed by atoms with Crippen molar-refractivity contribution in [3.05, 3.63) is 0 Å². The van der Waals surface area contributed by atoms with E-state index in [1.165, 1.54) is 51.9 Å². The topological polar surface area (TPSA) is 15.3 Å². The van der Waals surface area contributed by atoms with Crippen molar-refractivity contribution in [1.82, 2.24) is 10.2 Å². The Morgan fingerprint density at radius 1 is 1.07 bits per heavy atom. The molecule has 0 radical (unpaired) electrons. The molecule has 0 bridgehead atoms. The predicted octanol–water partition coefficient (Wildman–Crippen LogP) is 2.89. The molecule has 1 unspecified atom stereocenters. The molecule has 0 aliphatic heterocycles. The molecule has 0 fully saturated rings. The van der Waals surface area contributed by atoms with Gasteiger partial charge in [-0.15, -0.1) is 0 Å². The van der Waals surface area contributed by atoms with Crippen molar-refractivity contribution in [2.24, 2.45) is 0 Å². The lowest BCUT2D eigenvalue weighted by Crippen LogP contribution is -2.31. The average molecular weight is 214 g/mol. The van der Waals surface area contributed by atoms with E-state index in [1.807, 2.05) is 0 Å². The first-order chi connectivity index (χ1) is 7.28. The number of hydrogen-bond acceptors (Lipinski definition) is 2. The Labute approximate surface area is 96.4 Å². The molecule has 15 heavy (non-hydrogen) atoms. The van der Waals surface area contributed by atoms with Gasteiger partial charge < -0.3 is 10.2 Å². The smallest absolute Gasteiger partial charge is 0.00649 e. The second kappa shape index (κ2) is 10.4. The highest BCUT2D eigenvalue weighted by atomic mass is 15.1. The minimum atomic E-state index is 0.737. The van der Waals surface area contributed by atoms with Crippen LogP contribution in [0, 0.1) is 0 Å². The third-order valence-corrected chi connectivity index (χ3v) is 3.10. The Hall–Kier alpha value is -0.0800. The Morgan fingerprint density at radius 3 is 2.20 bits per heavy atom. The average Bonchev–Trinajstić information content (AvgIpc) is 2.28. The summed E-state index contributed by atoms with van der Waals surface area (Å²) in [5.41, 5.74) is 0. The van der Waals surface area contributed by atoms with E-state index in [9.17, 15) is 0 Å². The van der Waals surface area contributed by atoms with Gasteiger partial charge in [-0.2, -0.15) is 0 Å². The van der Waals surface area contributed by atoms with Gasteiger partial charge in [0.2, 0.25) is 0 Å². The van der Waals surface area contributed by atoms with Gasteiger partial charge in [-0.1, -0.05) is 27.7 Å². The maximum atomic E-state index is 3.61. The highest BCUT2D eigenvalue weighted by Crippen LogP contribution is 2.03. The summed E-state index contributed by atoms with van der Waals surface area (Å²) in [6, 6.07) is 0.737. The van der Waals surface area contributed by atoms with E-state index in [-0.39, 0.29) is 0 Å². The summed E-state index contributed by atoms with van der Waals surface area (Å²) in [6.45, 7) is 13.8. The number of nitrogens with one attached hydrogen (secondary N) is 1. The van der Waals surface area contributed by atoms with E-state index in [0.29, 0.717) is 0 Å². The third-order valence-electron chi connectivity index (χ3n) is 3.10. The fourth-order valence-electron chi connectivity index (χ4n) is 1.90. The van der Waals surface area contributed by atoms with Gasteiger partial charge in [-0.25, -0.2) is 0 Å². The van der Waals surface area contributed by atoms with Crippen LogP contribution in [0.15, 0.2) is 0 Å². The summed E-state index contributed by atoms with van der Waals surface area (Å²) in [5, 5.41) is 3.61. The highest BCUT2D eigenvalue weighted by Gasteiger charge is 2.05. The summed E-state index contributed by atoms with van der Waals surface area (Å²) in [5.74, 6) is 0. The van der Waals surface area contributed by atoms with Crippen molar-refractivity contribution in [2.45, 2.75) is 59.4 Å². The van der Waals surface area contributed by atoms with Gasteiger partial charge in [-0.3, -0.25) is 0 Å². The molecule has 0 aromatic rings. The Balaban J connectivity index is 3.52. The molecule has 0 spiro atoms. The standard InChI is InChI=1S/C13H30N2/c1-5-11-14-13(6-2)10-9-12-15(7-3)8-4/h13-14H,5-12H2,1-4H3. The minimum absolute atomic E-state index is 0.737. The van der Waals surface area contributed by atoms with Crippen LogP contribution in [0.2, 0.25) is 0 Å². The molecule has 1 atom stereocenters. The van der Waals surface area contributed by atoms with E-state index in [1.54, 1.807) is 0 Å². The molecule has 92 valence electrons. The van der Waals surface area contributed by atoms with Crippen LogP contribution in [0.25, 0.3) is 0 Å². The highest BCUT2D eigenvalue weighted by molar-refractivity contribution is 4.65. The van der Waals surface area contributed by atoms with Crippen molar-refractivity contribution in [3.8, 4) is 0 Å². The number of rotatable bonds is 10. The molecule has 0 heterocycles. The summed E-state index contributed by atoms with van der Waals surface area (Å²) in [6.07, 6.45) is 5.16. The molecule has 0 aromatic carbocycles. The van der Waals surface area contributed by atoms with E-state index in [0.717, 1.165) is 6.04 Å².